The van der Waals surface area contributed by atoms with Gasteiger partial charge in [0.15, 0.2) is 0 Å². The Labute approximate surface area is 125 Å². The molecule has 0 fully saturated rings. The van der Waals surface area contributed by atoms with Gasteiger partial charge in [0, 0.05) is 38.1 Å². The van der Waals surface area contributed by atoms with E-state index < -0.39 is 0 Å². The summed E-state index contributed by atoms with van der Waals surface area (Å²) in [6.07, 6.45) is 1.22. The molecule has 0 atom stereocenters. The lowest BCUT2D eigenvalue weighted by Crippen LogP contribution is -2.35. The molecule has 0 aliphatic heterocycles. The number of rotatable bonds is 10. The Balaban J connectivity index is 2.51. The SMILES string of the molecule is COc1cccc(NC(=O)CN(CCCO)CCCO)c1. The third-order valence-electron chi connectivity index (χ3n) is 2.99. The molecule has 1 aromatic rings. The van der Waals surface area contributed by atoms with Gasteiger partial charge < -0.3 is 20.3 Å². The summed E-state index contributed by atoms with van der Waals surface area (Å²) in [5.41, 5.74) is 0.684. The monoisotopic (exact) mass is 296 g/mol. The van der Waals surface area contributed by atoms with Crippen molar-refractivity contribution < 1.29 is 19.7 Å². The van der Waals surface area contributed by atoms with Crippen LogP contribution >= 0.6 is 0 Å². The van der Waals surface area contributed by atoms with Crippen LogP contribution in [0.1, 0.15) is 12.8 Å². The number of carbonyl (C=O) groups excluding carboxylic acids is 1. The fourth-order valence-corrected chi connectivity index (χ4v) is 1.96. The van der Waals surface area contributed by atoms with Gasteiger partial charge in [0.2, 0.25) is 5.91 Å². The van der Waals surface area contributed by atoms with Gasteiger partial charge in [-0.3, -0.25) is 9.69 Å². The summed E-state index contributed by atoms with van der Waals surface area (Å²) in [4.78, 5) is 13.9. The van der Waals surface area contributed by atoms with Gasteiger partial charge >= 0.3 is 0 Å². The van der Waals surface area contributed by atoms with Crippen molar-refractivity contribution in [3.05, 3.63) is 24.3 Å². The van der Waals surface area contributed by atoms with E-state index in [1.54, 1.807) is 19.2 Å². The number of ether oxygens (including phenoxy) is 1. The zero-order valence-electron chi connectivity index (χ0n) is 12.4. The molecule has 0 aromatic heterocycles. The molecule has 0 aliphatic carbocycles. The molecular formula is C15H24N2O4. The van der Waals surface area contributed by atoms with Gasteiger partial charge in [-0.25, -0.2) is 0 Å². The molecule has 0 radical (unpaired) electrons. The van der Waals surface area contributed by atoms with E-state index in [0.717, 1.165) is 0 Å². The van der Waals surface area contributed by atoms with Gasteiger partial charge in [0.25, 0.3) is 0 Å². The van der Waals surface area contributed by atoms with Gasteiger partial charge in [-0.2, -0.15) is 0 Å². The second-order valence-electron chi connectivity index (χ2n) is 4.71. The average molecular weight is 296 g/mol. The van der Waals surface area contributed by atoms with Crippen LogP contribution < -0.4 is 10.1 Å². The van der Waals surface area contributed by atoms with Crippen LogP contribution in [-0.2, 0) is 4.79 Å². The van der Waals surface area contributed by atoms with Crippen LogP contribution in [0.15, 0.2) is 24.3 Å². The number of carbonyl (C=O) groups is 1. The molecule has 6 heteroatoms. The fourth-order valence-electron chi connectivity index (χ4n) is 1.96. The van der Waals surface area contributed by atoms with Gasteiger partial charge in [0.05, 0.1) is 13.7 Å². The van der Waals surface area contributed by atoms with Crippen molar-refractivity contribution in [2.24, 2.45) is 0 Å². The van der Waals surface area contributed by atoms with E-state index in [1.807, 2.05) is 17.0 Å². The number of anilines is 1. The highest BCUT2D eigenvalue weighted by atomic mass is 16.5. The van der Waals surface area contributed by atoms with Crippen LogP contribution in [0, 0.1) is 0 Å². The minimum atomic E-state index is -0.126. The summed E-state index contributed by atoms with van der Waals surface area (Å²) in [7, 11) is 1.58. The number of methoxy groups -OCH3 is 1. The summed E-state index contributed by atoms with van der Waals surface area (Å²) in [6.45, 7) is 1.67. The van der Waals surface area contributed by atoms with E-state index in [2.05, 4.69) is 5.32 Å². The minimum absolute atomic E-state index is 0.0904. The summed E-state index contributed by atoms with van der Waals surface area (Å²) < 4.78 is 5.11. The van der Waals surface area contributed by atoms with E-state index in [4.69, 9.17) is 14.9 Å². The molecule has 0 spiro atoms. The van der Waals surface area contributed by atoms with E-state index in [1.165, 1.54) is 0 Å². The second kappa shape index (κ2) is 10.1. The number of aliphatic hydroxyl groups is 2. The lowest BCUT2D eigenvalue weighted by atomic mass is 10.3. The molecule has 0 saturated heterocycles. The van der Waals surface area contributed by atoms with Crippen molar-refractivity contribution >= 4 is 11.6 Å². The maximum absolute atomic E-state index is 12.0. The van der Waals surface area contributed by atoms with Crippen molar-refractivity contribution in [1.82, 2.24) is 4.90 Å². The Morgan fingerprint density at radius 1 is 1.24 bits per heavy atom. The molecule has 118 valence electrons. The molecule has 0 bridgehead atoms. The molecule has 21 heavy (non-hydrogen) atoms. The van der Waals surface area contributed by atoms with Crippen LogP contribution in [0.25, 0.3) is 0 Å². The number of amides is 1. The van der Waals surface area contributed by atoms with Crippen LogP contribution in [0.2, 0.25) is 0 Å². The second-order valence-corrected chi connectivity index (χ2v) is 4.71. The topological polar surface area (TPSA) is 82.0 Å². The third kappa shape index (κ3) is 7.08. The van der Waals surface area contributed by atoms with E-state index >= 15 is 0 Å². The van der Waals surface area contributed by atoms with Crippen molar-refractivity contribution in [3.8, 4) is 5.75 Å². The minimum Gasteiger partial charge on any atom is -0.497 e. The Morgan fingerprint density at radius 3 is 2.48 bits per heavy atom. The first-order valence-electron chi connectivity index (χ1n) is 7.07. The van der Waals surface area contributed by atoms with Crippen molar-refractivity contribution in [2.75, 3.05) is 45.3 Å². The highest BCUT2D eigenvalue weighted by Crippen LogP contribution is 2.16. The number of benzene rings is 1. The molecule has 0 heterocycles. The van der Waals surface area contributed by atoms with Crippen LogP contribution in [-0.4, -0.2) is 61.0 Å². The normalized spacial score (nSPS) is 10.7. The van der Waals surface area contributed by atoms with Gasteiger partial charge in [-0.1, -0.05) is 6.07 Å². The molecule has 0 saturated carbocycles. The molecule has 0 aliphatic rings. The van der Waals surface area contributed by atoms with Crippen molar-refractivity contribution in [3.63, 3.8) is 0 Å². The van der Waals surface area contributed by atoms with E-state index in [0.29, 0.717) is 37.4 Å². The number of hydrogen-bond donors (Lipinski definition) is 3. The Hall–Kier alpha value is -1.63. The quantitative estimate of drug-likeness (QED) is 0.592. The summed E-state index contributed by atoms with van der Waals surface area (Å²) in [5.74, 6) is 0.560. The molecule has 3 N–H and O–H groups in total. The molecule has 1 rings (SSSR count). The first-order valence-corrected chi connectivity index (χ1v) is 7.07. The summed E-state index contributed by atoms with van der Waals surface area (Å²) in [5, 5.41) is 20.6. The number of nitrogens with zero attached hydrogens (tertiary/aromatic N) is 1. The number of nitrogens with one attached hydrogen (secondary N) is 1. The maximum Gasteiger partial charge on any atom is 0.238 e. The first-order chi connectivity index (χ1) is 10.2. The zero-order chi connectivity index (χ0) is 15.5. The van der Waals surface area contributed by atoms with Crippen LogP contribution in [0.3, 0.4) is 0 Å². The standard InChI is InChI=1S/C15H24N2O4/c1-21-14-6-2-5-13(11-14)16-15(20)12-17(7-3-9-18)8-4-10-19/h2,5-6,11,18-19H,3-4,7-10,12H2,1H3,(H,16,20). The largest absolute Gasteiger partial charge is 0.497 e. The Bertz CT molecular complexity index is 418. The van der Waals surface area contributed by atoms with Crippen LogP contribution in [0.5, 0.6) is 5.75 Å². The number of hydrogen-bond acceptors (Lipinski definition) is 5. The average Bonchev–Trinajstić information content (AvgIpc) is 2.50. The molecular weight excluding hydrogens is 272 g/mol. The van der Waals surface area contributed by atoms with Gasteiger partial charge in [-0.15, -0.1) is 0 Å². The zero-order valence-corrected chi connectivity index (χ0v) is 12.4. The van der Waals surface area contributed by atoms with Gasteiger partial charge in [-0.05, 0) is 25.0 Å². The third-order valence-corrected chi connectivity index (χ3v) is 2.99. The summed E-state index contributed by atoms with van der Waals surface area (Å²) in [6, 6.07) is 7.17. The maximum atomic E-state index is 12.0. The highest BCUT2D eigenvalue weighted by Gasteiger charge is 2.10. The van der Waals surface area contributed by atoms with Crippen LogP contribution in [0.4, 0.5) is 5.69 Å². The van der Waals surface area contributed by atoms with E-state index in [-0.39, 0.29) is 25.7 Å². The molecule has 6 nitrogen and oxygen atoms in total. The van der Waals surface area contributed by atoms with Gasteiger partial charge in [0.1, 0.15) is 5.75 Å². The Kier molecular flexibility index (Phi) is 8.42. The van der Waals surface area contributed by atoms with Crippen molar-refractivity contribution in [1.29, 1.82) is 0 Å². The lowest BCUT2D eigenvalue weighted by Gasteiger charge is -2.21. The lowest BCUT2D eigenvalue weighted by molar-refractivity contribution is -0.117. The molecule has 1 amide bonds. The predicted molar refractivity (Wildman–Crippen MR) is 81.5 cm³/mol. The molecule has 1 aromatic carbocycles. The Morgan fingerprint density at radius 2 is 1.90 bits per heavy atom. The van der Waals surface area contributed by atoms with E-state index in [9.17, 15) is 4.79 Å². The predicted octanol–water partition coefficient (Wildman–Crippen LogP) is 0.700. The smallest absolute Gasteiger partial charge is 0.238 e. The summed E-state index contributed by atoms with van der Waals surface area (Å²) >= 11 is 0. The first kappa shape index (κ1) is 17.4. The highest BCUT2D eigenvalue weighted by molar-refractivity contribution is 5.92. The number of aliphatic hydroxyl groups excluding tert-OH is 2. The van der Waals surface area contributed by atoms with Crippen molar-refractivity contribution in [2.45, 2.75) is 12.8 Å². The fraction of sp³-hybridized carbons (Fsp3) is 0.533. The molecule has 0 unspecified atom stereocenters.